The van der Waals surface area contributed by atoms with Gasteiger partial charge in [-0.15, -0.1) is 0 Å². The van der Waals surface area contributed by atoms with Gasteiger partial charge in [0.05, 0.1) is 0 Å². The molecule has 1 atom stereocenters. The molecule has 0 radical (unpaired) electrons. The first-order valence-electron chi connectivity index (χ1n) is 7.06. The second-order valence-electron chi connectivity index (χ2n) is 5.51. The number of rotatable bonds is 7. The Morgan fingerprint density at radius 1 is 1.18 bits per heavy atom. The van der Waals surface area contributed by atoms with Crippen LogP contribution in [0, 0.1) is 5.92 Å². The van der Waals surface area contributed by atoms with E-state index in [2.05, 4.69) is 10.6 Å². The largest absolute Gasteiger partial charge is 0.354 e. The standard InChI is InChI=1S/C15H21Cl2N3O2/c1-9(2)5-13(20-15(18)22)14(21)19-4-3-10-6-11(16)8-12(17)7-10/h6-9,13H,3-5H2,1-2H3,(H,19,21)(H3,18,20,22). The lowest BCUT2D eigenvalue weighted by Crippen LogP contribution is -2.49. The van der Waals surface area contributed by atoms with Crippen molar-refractivity contribution in [3.63, 3.8) is 0 Å². The highest BCUT2D eigenvalue weighted by molar-refractivity contribution is 6.34. The maximum Gasteiger partial charge on any atom is 0.312 e. The van der Waals surface area contributed by atoms with Crippen LogP contribution in [0.5, 0.6) is 0 Å². The fourth-order valence-electron chi connectivity index (χ4n) is 2.08. The highest BCUT2D eigenvalue weighted by Gasteiger charge is 2.20. The fourth-order valence-corrected chi connectivity index (χ4v) is 2.65. The molecule has 3 amide bonds. The summed E-state index contributed by atoms with van der Waals surface area (Å²) in [5, 5.41) is 6.36. The third kappa shape index (κ3) is 7.00. The number of primary amides is 1. The van der Waals surface area contributed by atoms with E-state index < -0.39 is 12.1 Å². The molecule has 0 saturated heterocycles. The number of hydrogen-bond acceptors (Lipinski definition) is 2. The Kier molecular flexibility index (Phi) is 7.48. The minimum absolute atomic E-state index is 0.249. The average Bonchev–Trinajstić information content (AvgIpc) is 2.35. The van der Waals surface area contributed by atoms with Gasteiger partial charge in [-0.2, -0.15) is 0 Å². The average molecular weight is 346 g/mol. The van der Waals surface area contributed by atoms with Crippen LogP contribution in [0.1, 0.15) is 25.8 Å². The molecule has 1 rings (SSSR count). The Morgan fingerprint density at radius 3 is 2.27 bits per heavy atom. The summed E-state index contributed by atoms with van der Waals surface area (Å²) in [6, 6.07) is 3.92. The van der Waals surface area contributed by atoms with Crippen molar-refractivity contribution in [1.29, 1.82) is 0 Å². The number of halogens is 2. The predicted octanol–water partition coefficient (Wildman–Crippen LogP) is 2.74. The molecule has 0 aliphatic rings. The van der Waals surface area contributed by atoms with Crippen LogP contribution in [0.4, 0.5) is 4.79 Å². The summed E-state index contributed by atoms with van der Waals surface area (Å²) in [6.07, 6.45) is 1.12. The van der Waals surface area contributed by atoms with Gasteiger partial charge in [0.2, 0.25) is 5.91 Å². The minimum atomic E-state index is -0.706. The highest BCUT2D eigenvalue weighted by Crippen LogP contribution is 2.19. The summed E-state index contributed by atoms with van der Waals surface area (Å²) >= 11 is 11.8. The van der Waals surface area contributed by atoms with Crippen LogP contribution in [0.15, 0.2) is 18.2 Å². The summed E-state index contributed by atoms with van der Waals surface area (Å²) < 4.78 is 0. The van der Waals surface area contributed by atoms with Gasteiger partial charge in [-0.25, -0.2) is 4.79 Å². The predicted molar refractivity (Wildman–Crippen MR) is 89.1 cm³/mol. The summed E-state index contributed by atoms with van der Waals surface area (Å²) in [5.74, 6) is 0.00922. The maximum absolute atomic E-state index is 12.1. The van der Waals surface area contributed by atoms with Crippen LogP contribution in [0.3, 0.4) is 0 Å². The molecule has 0 heterocycles. The Bertz CT molecular complexity index is 515. The lowest BCUT2D eigenvalue weighted by molar-refractivity contribution is -0.123. The smallest absolute Gasteiger partial charge is 0.312 e. The molecule has 0 spiro atoms. The monoisotopic (exact) mass is 345 g/mol. The van der Waals surface area contributed by atoms with Crippen LogP contribution < -0.4 is 16.4 Å². The van der Waals surface area contributed by atoms with Gasteiger partial charge in [0.15, 0.2) is 0 Å². The van der Waals surface area contributed by atoms with E-state index in [1.54, 1.807) is 18.2 Å². The molecule has 5 nitrogen and oxygen atoms in total. The first-order valence-corrected chi connectivity index (χ1v) is 7.82. The van der Waals surface area contributed by atoms with Crippen LogP contribution in [0.25, 0.3) is 0 Å². The second-order valence-corrected chi connectivity index (χ2v) is 6.38. The van der Waals surface area contributed by atoms with Crippen molar-refractivity contribution in [1.82, 2.24) is 10.6 Å². The SMILES string of the molecule is CC(C)CC(NC(N)=O)C(=O)NCCc1cc(Cl)cc(Cl)c1. The molecule has 0 aliphatic heterocycles. The second kappa shape index (κ2) is 8.86. The van der Waals surface area contributed by atoms with Gasteiger partial charge in [-0.3, -0.25) is 4.79 Å². The number of nitrogens with one attached hydrogen (secondary N) is 2. The number of nitrogens with two attached hydrogens (primary N) is 1. The number of hydrogen-bond donors (Lipinski definition) is 3. The molecule has 0 fully saturated rings. The molecule has 0 aromatic heterocycles. The maximum atomic E-state index is 12.1. The van der Waals surface area contributed by atoms with Crippen LogP contribution in [0.2, 0.25) is 10.0 Å². The van der Waals surface area contributed by atoms with Gasteiger partial charge in [-0.1, -0.05) is 37.0 Å². The number of carbonyl (C=O) groups excluding carboxylic acids is 2. The Labute approximate surface area is 140 Å². The number of urea groups is 1. The molecule has 1 aromatic carbocycles. The molecular formula is C15H21Cl2N3O2. The van der Waals surface area contributed by atoms with Gasteiger partial charge < -0.3 is 16.4 Å². The summed E-state index contributed by atoms with van der Waals surface area (Å²) in [4.78, 5) is 23.1. The van der Waals surface area contributed by atoms with Crippen molar-refractivity contribution in [2.45, 2.75) is 32.7 Å². The number of amides is 3. The normalized spacial score (nSPS) is 12.0. The van der Waals surface area contributed by atoms with E-state index in [-0.39, 0.29) is 11.8 Å². The molecule has 22 heavy (non-hydrogen) atoms. The quantitative estimate of drug-likeness (QED) is 0.709. The number of carbonyl (C=O) groups is 2. The Hall–Kier alpha value is -1.46. The van der Waals surface area contributed by atoms with E-state index >= 15 is 0 Å². The van der Waals surface area contributed by atoms with Gasteiger partial charge >= 0.3 is 6.03 Å². The summed E-state index contributed by atoms with van der Waals surface area (Å²) in [7, 11) is 0. The van der Waals surface area contributed by atoms with Crippen molar-refractivity contribution in [3.8, 4) is 0 Å². The Balaban J connectivity index is 2.53. The van der Waals surface area contributed by atoms with Crippen LogP contribution in [-0.4, -0.2) is 24.5 Å². The molecular weight excluding hydrogens is 325 g/mol. The topological polar surface area (TPSA) is 84.2 Å². The molecule has 0 aliphatic carbocycles. The molecule has 1 aromatic rings. The summed E-state index contributed by atoms with van der Waals surface area (Å²) in [5.41, 5.74) is 6.03. The van der Waals surface area contributed by atoms with Gasteiger partial charge in [0, 0.05) is 16.6 Å². The third-order valence-corrected chi connectivity index (χ3v) is 3.41. The van der Waals surface area contributed by atoms with Crippen molar-refractivity contribution in [2.24, 2.45) is 11.7 Å². The van der Waals surface area contributed by atoms with E-state index in [0.29, 0.717) is 29.4 Å². The molecule has 0 saturated carbocycles. The third-order valence-electron chi connectivity index (χ3n) is 2.98. The van der Waals surface area contributed by atoms with Gasteiger partial charge in [-0.05, 0) is 42.5 Å². The van der Waals surface area contributed by atoms with E-state index in [4.69, 9.17) is 28.9 Å². The first kappa shape index (κ1) is 18.6. The van der Waals surface area contributed by atoms with Gasteiger partial charge in [0.25, 0.3) is 0 Å². The lowest BCUT2D eigenvalue weighted by Gasteiger charge is -2.19. The minimum Gasteiger partial charge on any atom is -0.354 e. The van der Waals surface area contributed by atoms with Gasteiger partial charge in [0.1, 0.15) is 6.04 Å². The van der Waals surface area contributed by atoms with Crippen molar-refractivity contribution < 1.29 is 9.59 Å². The molecule has 122 valence electrons. The van der Waals surface area contributed by atoms with Crippen molar-refractivity contribution in [3.05, 3.63) is 33.8 Å². The zero-order valence-corrected chi connectivity index (χ0v) is 14.2. The zero-order chi connectivity index (χ0) is 16.7. The van der Waals surface area contributed by atoms with E-state index in [1.165, 1.54) is 0 Å². The van der Waals surface area contributed by atoms with E-state index in [1.807, 2.05) is 13.8 Å². The highest BCUT2D eigenvalue weighted by atomic mass is 35.5. The molecule has 1 unspecified atom stereocenters. The first-order chi connectivity index (χ1) is 10.3. The molecule has 4 N–H and O–H groups in total. The zero-order valence-electron chi connectivity index (χ0n) is 12.7. The van der Waals surface area contributed by atoms with E-state index in [9.17, 15) is 9.59 Å². The van der Waals surface area contributed by atoms with E-state index in [0.717, 1.165) is 5.56 Å². The molecule has 7 heteroatoms. The van der Waals surface area contributed by atoms with Crippen molar-refractivity contribution in [2.75, 3.05) is 6.54 Å². The Morgan fingerprint density at radius 2 is 1.77 bits per heavy atom. The summed E-state index contributed by atoms with van der Waals surface area (Å²) in [6.45, 7) is 4.36. The fraction of sp³-hybridized carbons (Fsp3) is 0.467. The van der Waals surface area contributed by atoms with Crippen LogP contribution in [-0.2, 0) is 11.2 Å². The lowest BCUT2D eigenvalue weighted by atomic mass is 10.0. The number of benzene rings is 1. The van der Waals surface area contributed by atoms with Crippen molar-refractivity contribution >= 4 is 35.1 Å². The van der Waals surface area contributed by atoms with Crippen LogP contribution >= 0.6 is 23.2 Å². The molecule has 0 bridgehead atoms.